The molecule has 5 nitrogen and oxygen atoms in total. The number of hydrogen-bond acceptors (Lipinski definition) is 3. The van der Waals surface area contributed by atoms with E-state index < -0.39 is 5.97 Å². The molecule has 0 radical (unpaired) electrons. The highest BCUT2D eigenvalue weighted by Gasteiger charge is 2.27. The number of carbonyl (C=O) groups excluding carboxylic acids is 1. The predicted molar refractivity (Wildman–Crippen MR) is 68.2 cm³/mol. The van der Waals surface area contributed by atoms with Crippen molar-refractivity contribution in [3.8, 4) is 0 Å². The zero-order valence-corrected chi connectivity index (χ0v) is 11.3. The van der Waals surface area contributed by atoms with E-state index in [0.29, 0.717) is 31.5 Å². The molecule has 0 unspecified atom stereocenters. The molecule has 18 heavy (non-hydrogen) atoms. The van der Waals surface area contributed by atoms with Crippen LogP contribution in [-0.2, 0) is 4.79 Å². The number of rotatable bonds is 2. The smallest absolute Gasteiger partial charge is 0.306 e. The largest absolute Gasteiger partial charge is 0.481 e. The van der Waals surface area contributed by atoms with Crippen molar-refractivity contribution in [1.82, 2.24) is 9.88 Å². The molecule has 0 aliphatic carbocycles. The zero-order valence-electron chi connectivity index (χ0n) is 9.67. The molecule has 96 valence electrons. The van der Waals surface area contributed by atoms with Gasteiger partial charge in [0.1, 0.15) is 0 Å². The molecule has 6 heteroatoms. The Balaban J connectivity index is 2.02. The zero-order chi connectivity index (χ0) is 13.1. The average molecular weight is 313 g/mol. The molecule has 1 fully saturated rings. The minimum absolute atomic E-state index is 0.0901. The van der Waals surface area contributed by atoms with Gasteiger partial charge in [-0.2, -0.15) is 0 Å². The average Bonchev–Trinajstić information content (AvgIpc) is 2.38. The lowest BCUT2D eigenvalue weighted by Gasteiger charge is -2.30. The van der Waals surface area contributed by atoms with Gasteiger partial charge >= 0.3 is 5.97 Å². The minimum atomic E-state index is -0.772. The molecule has 1 aromatic heterocycles. The van der Waals surface area contributed by atoms with Gasteiger partial charge < -0.3 is 10.0 Å². The first-order valence-electron chi connectivity index (χ1n) is 5.70. The van der Waals surface area contributed by atoms with E-state index in [4.69, 9.17) is 5.11 Å². The van der Waals surface area contributed by atoms with Crippen LogP contribution in [0.1, 0.15) is 23.2 Å². The summed E-state index contributed by atoms with van der Waals surface area (Å²) >= 11 is 3.27. The summed E-state index contributed by atoms with van der Waals surface area (Å²) in [7, 11) is 0. The van der Waals surface area contributed by atoms with Crippen molar-refractivity contribution in [3.05, 3.63) is 28.5 Å². The highest BCUT2D eigenvalue weighted by Crippen LogP contribution is 2.20. The van der Waals surface area contributed by atoms with Gasteiger partial charge in [-0.1, -0.05) is 0 Å². The number of amides is 1. The van der Waals surface area contributed by atoms with Crippen LogP contribution < -0.4 is 0 Å². The summed E-state index contributed by atoms with van der Waals surface area (Å²) in [6.45, 7) is 0.977. The summed E-state index contributed by atoms with van der Waals surface area (Å²) in [5.74, 6) is -1.19. The van der Waals surface area contributed by atoms with Crippen LogP contribution in [0.15, 0.2) is 22.9 Å². The normalized spacial score (nSPS) is 16.6. The first kappa shape index (κ1) is 13.0. The maximum absolute atomic E-state index is 12.1. The molecule has 2 rings (SSSR count). The second-order valence-electron chi connectivity index (χ2n) is 4.30. The molecule has 1 saturated heterocycles. The van der Waals surface area contributed by atoms with E-state index in [1.807, 2.05) is 0 Å². The topological polar surface area (TPSA) is 70.5 Å². The number of carbonyl (C=O) groups is 2. The third kappa shape index (κ3) is 2.87. The van der Waals surface area contributed by atoms with Gasteiger partial charge in [0.2, 0.25) is 0 Å². The highest BCUT2D eigenvalue weighted by molar-refractivity contribution is 9.10. The van der Waals surface area contributed by atoms with Crippen LogP contribution in [0.4, 0.5) is 0 Å². The lowest BCUT2D eigenvalue weighted by molar-refractivity contribution is -0.143. The lowest BCUT2D eigenvalue weighted by atomic mass is 9.97. The van der Waals surface area contributed by atoms with Crippen molar-refractivity contribution in [2.75, 3.05) is 13.1 Å². The number of carboxylic acid groups (broad SMARTS) is 1. The number of carboxylic acids is 1. The van der Waals surface area contributed by atoms with Crippen molar-refractivity contribution in [1.29, 1.82) is 0 Å². The number of piperidine rings is 1. The van der Waals surface area contributed by atoms with Gasteiger partial charge in [-0.25, -0.2) is 0 Å². The van der Waals surface area contributed by atoms with Gasteiger partial charge in [0.05, 0.1) is 11.5 Å². The fourth-order valence-electron chi connectivity index (χ4n) is 2.04. The molecular weight excluding hydrogens is 300 g/mol. The number of likely N-dealkylation sites (tertiary alicyclic amines) is 1. The molecule has 1 N–H and O–H groups in total. The van der Waals surface area contributed by atoms with E-state index in [-0.39, 0.29) is 11.8 Å². The molecule has 1 aliphatic rings. The predicted octanol–water partition coefficient (Wildman–Crippen LogP) is 1.78. The lowest BCUT2D eigenvalue weighted by Crippen LogP contribution is -2.40. The molecule has 0 spiro atoms. The summed E-state index contributed by atoms with van der Waals surface area (Å²) < 4.78 is 0.758. The van der Waals surface area contributed by atoms with Crippen molar-refractivity contribution in [2.24, 2.45) is 5.92 Å². The number of halogens is 1. The summed E-state index contributed by atoms with van der Waals surface area (Å²) in [4.78, 5) is 28.6. The molecule has 2 heterocycles. The number of aliphatic carboxylic acids is 1. The van der Waals surface area contributed by atoms with E-state index >= 15 is 0 Å². The summed E-state index contributed by atoms with van der Waals surface area (Å²) in [6, 6.07) is 1.72. The van der Waals surface area contributed by atoms with Crippen LogP contribution in [0.3, 0.4) is 0 Å². The second kappa shape index (κ2) is 5.48. The first-order chi connectivity index (χ1) is 8.58. The molecule has 0 atom stereocenters. The van der Waals surface area contributed by atoms with Crippen molar-refractivity contribution in [3.63, 3.8) is 0 Å². The Morgan fingerprint density at radius 3 is 2.56 bits per heavy atom. The van der Waals surface area contributed by atoms with Crippen LogP contribution in [0.5, 0.6) is 0 Å². The van der Waals surface area contributed by atoms with Crippen LogP contribution in [0.25, 0.3) is 0 Å². The van der Waals surface area contributed by atoms with Crippen LogP contribution >= 0.6 is 15.9 Å². The van der Waals surface area contributed by atoms with E-state index in [9.17, 15) is 9.59 Å². The second-order valence-corrected chi connectivity index (χ2v) is 5.21. The Labute approximate surface area is 113 Å². The monoisotopic (exact) mass is 312 g/mol. The van der Waals surface area contributed by atoms with Gasteiger partial charge in [0, 0.05) is 30.0 Å². The Morgan fingerprint density at radius 2 is 2.00 bits per heavy atom. The number of aromatic nitrogens is 1. The fraction of sp³-hybridized carbons (Fsp3) is 0.417. The maximum atomic E-state index is 12.1. The van der Waals surface area contributed by atoms with Crippen LogP contribution in [-0.4, -0.2) is 40.0 Å². The SMILES string of the molecule is O=C(O)C1CCN(C(=O)c2cncc(Br)c2)CC1. The summed E-state index contributed by atoms with van der Waals surface area (Å²) in [6.07, 6.45) is 4.18. The van der Waals surface area contributed by atoms with Gasteiger partial charge in [-0.15, -0.1) is 0 Å². The quantitative estimate of drug-likeness (QED) is 0.903. The molecule has 1 aliphatic heterocycles. The molecule has 0 bridgehead atoms. The third-order valence-electron chi connectivity index (χ3n) is 3.08. The van der Waals surface area contributed by atoms with E-state index in [1.165, 1.54) is 6.20 Å². The highest BCUT2D eigenvalue weighted by atomic mass is 79.9. The van der Waals surface area contributed by atoms with Gasteiger partial charge in [-0.05, 0) is 34.8 Å². The number of nitrogens with zero attached hydrogens (tertiary/aromatic N) is 2. The van der Waals surface area contributed by atoms with Crippen molar-refractivity contribution < 1.29 is 14.7 Å². The molecule has 0 saturated carbocycles. The fourth-order valence-corrected chi connectivity index (χ4v) is 2.41. The molecular formula is C12H13BrN2O3. The number of pyridine rings is 1. The Hall–Kier alpha value is -1.43. The van der Waals surface area contributed by atoms with Crippen LogP contribution in [0.2, 0.25) is 0 Å². The van der Waals surface area contributed by atoms with Crippen molar-refractivity contribution in [2.45, 2.75) is 12.8 Å². The van der Waals surface area contributed by atoms with Crippen molar-refractivity contribution >= 4 is 27.8 Å². The molecule has 1 amide bonds. The Bertz CT molecular complexity index is 470. The maximum Gasteiger partial charge on any atom is 0.306 e. The van der Waals surface area contributed by atoms with E-state index in [1.54, 1.807) is 17.2 Å². The third-order valence-corrected chi connectivity index (χ3v) is 3.52. The first-order valence-corrected chi connectivity index (χ1v) is 6.50. The minimum Gasteiger partial charge on any atom is -0.481 e. The van der Waals surface area contributed by atoms with E-state index in [2.05, 4.69) is 20.9 Å². The Kier molecular flexibility index (Phi) is 3.96. The van der Waals surface area contributed by atoms with Gasteiger partial charge in [0.15, 0.2) is 0 Å². The summed E-state index contributed by atoms with van der Waals surface area (Å²) in [5.41, 5.74) is 0.526. The summed E-state index contributed by atoms with van der Waals surface area (Å²) in [5, 5.41) is 8.90. The molecule has 0 aromatic carbocycles. The van der Waals surface area contributed by atoms with Gasteiger partial charge in [0.25, 0.3) is 5.91 Å². The Morgan fingerprint density at radius 1 is 1.33 bits per heavy atom. The molecule has 1 aromatic rings. The van der Waals surface area contributed by atoms with E-state index in [0.717, 1.165) is 4.47 Å². The van der Waals surface area contributed by atoms with Gasteiger partial charge in [-0.3, -0.25) is 14.6 Å². The standard InChI is InChI=1S/C12H13BrN2O3/c13-10-5-9(6-14-7-10)11(16)15-3-1-8(2-4-15)12(17)18/h5-8H,1-4H2,(H,17,18). The number of hydrogen-bond donors (Lipinski definition) is 1. The van der Waals surface area contributed by atoms with Crippen LogP contribution in [0, 0.1) is 5.92 Å².